The number of methoxy groups -OCH3 is 1. The third-order valence-corrected chi connectivity index (χ3v) is 3.45. The molecule has 0 aliphatic carbocycles. The highest BCUT2D eigenvalue weighted by atomic mass is 35.5. The van der Waals surface area contributed by atoms with E-state index in [-0.39, 0.29) is 35.9 Å². The molecule has 1 atom stereocenters. The molecule has 2 N–H and O–H groups in total. The Morgan fingerprint density at radius 2 is 2.00 bits per heavy atom. The summed E-state index contributed by atoms with van der Waals surface area (Å²) in [6.07, 6.45) is 2.73. The molecule has 1 amide bonds. The minimum absolute atomic E-state index is 0. The Balaban J connectivity index is 0.00000289. The van der Waals surface area contributed by atoms with Gasteiger partial charge in [-0.2, -0.15) is 0 Å². The van der Waals surface area contributed by atoms with Crippen LogP contribution in [0, 0.1) is 5.92 Å². The van der Waals surface area contributed by atoms with Gasteiger partial charge in [0.15, 0.2) is 0 Å². The predicted molar refractivity (Wildman–Crippen MR) is 76.2 cm³/mol. The number of ether oxygens (including phenoxy) is 1. The van der Waals surface area contributed by atoms with Gasteiger partial charge in [0.2, 0.25) is 5.91 Å². The second-order valence-corrected chi connectivity index (χ2v) is 5.60. The Labute approximate surface area is 117 Å². The van der Waals surface area contributed by atoms with Crippen LogP contribution in [0.4, 0.5) is 0 Å². The van der Waals surface area contributed by atoms with Crippen molar-refractivity contribution in [3.63, 3.8) is 0 Å². The first kappa shape index (κ1) is 17.7. The van der Waals surface area contributed by atoms with E-state index in [9.17, 15) is 4.79 Å². The van der Waals surface area contributed by atoms with Crippen molar-refractivity contribution < 1.29 is 9.53 Å². The third kappa shape index (κ3) is 6.03. The molecule has 1 unspecified atom stereocenters. The van der Waals surface area contributed by atoms with Gasteiger partial charge in [0, 0.05) is 19.1 Å². The molecule has 1 fully saturated rings. The number of carbonyl (C=O) groups excluding carboxylic acids is 1. The summed E-state index contributed by atoms with van der Waals surface area (Å²) >= 11 is 0. The lowest BCUT2D eigenvalue weighted by molar-refractivity contribution is -0.126. The molecule has 0 spiro atoms. The van der Waals surface area contributed by atoms with Crippen molar-refractivity contribution in [1.29, 1.82) is 0 Å². The quantitative estimate of drug-likeness (QED) is 0.805. The van der Waals surface area contributed by atoms with Crippen molar-refractivity contribution in [2.24, 2.45) is 5.92 Å². The van der Waals surface area contributed by atoms with Crippen LogP contribution < -0.4 is 10.6 Å². The normalized spacial score (nSPS) is 18.9. The molecule has 4 nitrogen and oxygen atoms in total. The van der Waals surface area contributed by atoms with E-state index in [4.69, 9.17) is 4.74 Å². The molecule has 1 aliphatic rings. The van der Waals surface area contributed by atoms with Crippen molar-refractivity contribution in [1.82, 2.24) is 10.6 Å². The standard InChI is InChI=1S/C13H26N2O2.ClH/c1-10(9-13(2,3)17-4)15-12(16)11-5-7-14-8-6-11;/h10-11,14H,5-9H2,1-4H3,(H,15,16);1H. The summed E-state index contributed by atoms with van der Waals surface area (Å²) in [5.74, 6) is 0.385. The molecule has 1 aliphatic heterocycles. The number of halogens is 1. The summed E-state index contributed by atoms with van der Waals surface area (Å²) in [5.41, 5.74) is -0.180. The molecule has 0 radical (unpaired) electrons. The monoisotopic (exact) mass is 278 g/mol. The van der Waals surface area contributed by atoms with Gasteiger partial charge in [-0.25, -0.2) is 0 Å². The number of rotatable bonds is 5. The van der Waals surface area contributed by atoms with Gasteiger partial charge in [-0.1, -0.05) is 0 Å². The fourth-order valence-electron chi connectivity index (χ4n) is 2.32. The maximum absolute atomic E-state index is 12.0. The molecule has 1 saturated heterocycles. The third-order valence-electron chi connectivity index (χ3n) is 3.45. The largest absolute Gasteiger partial charge is 0.379 e. The Morgan fingerprint density at radius 1 is 1.44 bits per heavy atom. The summed E-state index contributed by atoms with van der Waals surface area (Å²) in [6.45, 7) is 8.03. The Bertz CT molecular complexity index is 253. The fraction of sp³-hybridized carbons (Fsp3) is 0.923. The van der Waals surface area contributed by atoms with E-state index in [0.29, 0.717) is 0 Å². The molecule has 0 aromatic rings. The van der Waals surface area contributed by atoms with Crippen LogP contribution in [-0.2, 0) is 9.53 Å². The number of carbonyl (C=O) groups is 1. The van der Waals surface area contributed by atoms with Gasteiger partial charge in [-0.3, -0.25) is 4.79 Å². The molecule has 0 saturated carbocycles. The molecule has 18 heavy (non-hydrogen) atoms. The number of nitrogens with one attached hydrogen (secondary N) is 2. The highest BCUT2D eigenvalue weighted by Crippen LogP contribution is 2.17. The van der Waals surface area contributed by atoms with Crippen molar-refractivity contribution in [2.75, 3.05) is 20.2 Å². The Morgan fingerprint density at radius 3 is 2.50 bits per heavy atom. The second kappa shape index (κ2) is 7.97. The summed E-state index contributed by atoms with van der Waals surface area (Å²) in [4.78, 5) is 12.0. The summed E-state index contributed by atoms with van der Waals surface area (Å²) < 4.78 is 5.37. The SMILES string of the molecule is COC(C)(C)CC(C)NC(=O)C1CCNCC1.Cl. The van der Waals surface area contributed by atoms with Crippen molar-refractivity contribution in [3.8, 4) is 0 Å². The zero-order chi connectivity index (χ0) is 12.9. The van der Waals surface area contributed by atoms with Crippen molar-refractivity contribution in [2.45, 2.75) is 51.7 Å². The second-order valence-electron chi connectivity index (χ2n) is 5.60. The van der Waals surface area contributed by atoms with Crippen LogP contribution in [0.15, 0.2) is 0 Å². The molecular weight excluding hydrogens is 252 g/mol. The smallest absolute Gasteiger partial charge is 0.223 e. The minimum atomic E-state index is -0.180. The predicted octanol–water partition coefficient (Wildman–Crippen LogP) is 1.73. The van der Waals surface area contributed by atoms with Crippen LogP contribution in [0.3, 0.4) is 0 Å². The van der Waals surface area contributed by atoms with E-state index in [0.717, 1.165) is 32.4 Å². The van der Waals surface area contributed by atoms with Gasteiger partial charge in [0.1, 0.15) is 0 Å². The van der Waals surface area contributed by atoms with Gasteiger partial charge in [0.25, 0.3) is 0 Å². The number of piperidine rings is 1. The van der Waals surface area contributed by atoms with E-state index < -0.39 is 0 Å². The van der Waals surface area contributed by atoms with Crippen molar-refractivity contribution >= 4 is 18.3 Å². The molecule has 1 heterocycles. The number of hydrogen-bond donors (Lipinski definition) is 2. The van der Waals surface area contributed by atoms with Crippen LogP contribution in [0.1, 0.15) is 40.0 Å². The Kier molecular flexibility index (Phi) is 7.83. The van der Waals surface area contributed by atoms with Crippen LogP contribution in [0.2, 0.25) is 0 Å². The zero-order valence-electron chi connectivity index (χ0n) is 11.9. The average molecular weight is 279 g/mol. The number of hydrogen-bond acceptors (Lipinski definition) is 3. The lowest BCUT2D eigenvalue weighted by Gasteiger charge is -2.29. The highest BCUT2D eigenvalue weighted by Gasteiger charge is 2.25. The minimum Gasteiger partial charge on any atom is -0.379 e. The fourth-order valence-corrected chi connectivity index (χ4v) is 2.32. The van der Waals surface area contributed by atoms with Gasteiger partial charge in [-0.05, 0) is 53.1 Å². The maximum Gasteiger partial charge on any atom is 0.223 e. The topological polar surface area (TPSA) is 50.4 Å². The van der Waals surface area contributed by atoms with Gasteiger partial charge in [-0.15, -0.1) is 12.4 Å². The average Bonchev–Trinajstić information content (AvgIpc) is 2.29. The highest BCUT2D eigenvalue weighted by molar-refractivity contribution is 5.85. The van der Waals surface area contributed by atoms with E-state index in [2.05, 4.69) is 10.6 Å². The number of amides is 1. The first-order chi connectivity index (χ1) is 7.94. The first-order valence-electron chi connectivity index (χ1n) is 6.51. The van der Waals surface area contributed by atoms with Gasteiger partial charge < -0.3 is 15.4 Å². The van der Waals surface area contributed by atoms with Crippen LogP contribution in [0.5, 0.6) is 0 Å². The van der Waals surface area contributed by atoms with Crippen LogP contribution in [-0.4, -0.2) is 37.7 Å². The molecule has 0 aromatic heterocycles. The van der Waals surface area contributed by atoms with Crippen molar-refractivity contribution in [3.05, 3.63) is 0 Å². The maximum atomic E-state index is 12.0. The molecular formula is C13H27ClN2O2. The van der Waals surface area contributed by atoms with E-state index in [1.54, 1.807) is 7.11 Å². The first-order valence-corrected chi connectivity index (χ1v) is 6.51. The van der Waals surface area contributed by atoms with E-state index >= 15 is 0 Å². The molecule has 0 aromatic carbocycles. The lowest BCUT2D eigenvalue weighted by Crippen LogP contribution is -2.44. The van der Waals surface area contributed by atoms with Crippen LogP contribution in [0.25, 0.3) is 0 Å². The molecule has 5 heteroatoms. The molecule has 0 bridgehead atoms. The van der Waals surface area contributed by atoms with E-state index in [1.165, 1.54) is 0 Å². The zero-order valence-corrected chi connectivity index (χ0v) is 12.7. The lowest BCUT2D eigenvalue weighted by atomic mass is 9.95. The van der Waals surface area contributed by atoms with Crippen LogP contribution >= 0.6 is 12.4 Å². The summed E-state index contributed by atoms with van der Waals surface area (Å²) in [6, 6.07) is 0.160. The Hall–Kier alpha value is -0.320. The summed E-state index contributed by atoms with van der Waals surface area (Å²) in [7, 11) is 1.71. The van der Waals surface area contributed by atoms with Gasteiger partial charge >= 0.3 is 0 Å². The molecule has 1 rings (SSSR count). The van der Waals surface area contributed by atoms with Gasteiger partial charge in [0.05, 0.1) is 5.60 Å². The summed E-state index contributed by atoms with van der Waals surface area (Å²) in [5, 5.41) is 6.36. The molecule has 108 valence electrons. The van der Waals surface area contributed by atoms with E-state index in [1.807, 2.05) is 20.8 Å².